The predicted molar refractivity (Wildman–Crippen MR) is 157 cm³/mol. The molecule has 0 aliphatic heterocycles. The summed E-state index contributed by atoms with van der Waals surface area (Å²) < 4.78 is 0. The summed E-state index contributed by atoms with van der Waals surface area (Å²) >= 11 is 0. The molecule has 0 radical (unpaired) electrons. The van der Waals surface area contributed by atoms with Gasteiger partial charge in [0.1, 0.15) is 5.75 Å². The van der Waals surface area contributed by atoms with Gasteiger partial charge in [-0.3, -0.25) is 4.79 Å². The van der Waals surface area contributed by atoms with Gasteiger partial charge in [0.15, 0.2) is 5.78 Å². The van der Waals surface area contributed by atoms with Crippen LogP contribution in [0.25, 0.3) is 5.57 Å². The van der Waals surface area contributed by atoms with Gasteiger partial charge in [-0.25, -0.2) is 0 Å². The van der Waals surface area contributed by atoms with Crippen molar-refractivity contribution in [2.75, 3.05) is 0 Å². The number of benzene rings is 2. The standard InChI is InChI=1S/C34H44O3/c1-19-13-22(29(35)25(16-19)32(4,5)6)28(23-14-20(2)17-26(30(23)36)33(7,8)9)24-15-21(3)18-27(31(24)37)34(10,11)12/h13-18,35-36H,1-12H3/p+1. The minimum Gasteiger partial charge on any atom is -0.593 e. The topological polar surface area (TPSA) is 60.2 Å². The molecule has 2 aromatic carbocycles. The van der Waals surface area contributed by atoms with Crippen molar-refractivity contribution in [1.82, 2.24) is 0 Å². The first-order chi connectivity index (χ1) is 16.7. The third kappa shape index (κ3) is 5.61. The average molecular weight is 502 g/mol. The number of aryl methyl sites for hydroxylation is 2. The van der Waals surface area contributed by atoms with E-state index in [1.54, 1.807) is 0 Å². The molecule has 0 saturated heterocycles. The highest BCUT2D eigenvalue weighted by atomic mass is 16.3. The van der Waals surface area contributed by atoms with Gasteiger partial charge in [0.25, 0.3) is 5.75 Å². The number of rotatable bonds is 2. The Bertz CT molecular complexity index is 1290. The lowest BCUT2D eigenvalue weighted by Gasteiger charge is -2.28. The molecule has 0 saturated carbocycles. The Balaban J connectivity index is 2.59. The molecule has 0 aromatic heterocycles. The number of allylic oxidation sites excluding steroid dienone is 5. The van der Waals surface area contributed by atoms with Crippen LogP contribution < -0.4 is 0 Å². The summed E-state index contributed by atoms with van der Waals surface area (Å²) in [5.74, 6) is 0.513. The summed E-state index contributed by atoms with van der Waals surface area (Å²) in [6.07, 6.45) is 3.89. The highest BCUT2D eigenvalue weighted by Gasteiger charge is 2.35. The van der Waals surface area contributed by atoms with E-state index in [0.717, 1.165) is 33.4 Å². The fourth-order valence-corrected chi connectivity index (χ4v) is 5.07. The molecular formula is C34H45O3+. The molecule has 198 valence electrons. The Kier molecular flexibility index (Phi) is 7.20. The third-order valence-electron chi connectivity index (χ3n) is 7.00. The number of carbonyl (C=O) groups is 1. The van der Waals surface area contributed by atoms with Gasteiger partial charge in [0.05, 0.1) is 11.1 Å². The summed E-state index contributed by atoms with van der Waals surface area (Å²) in [5, 5.41) is 21.1. The average Bonchev–Trinajstić information content (AvgIpc) is 2.72. The zero-order valence-electron chi connectivity index (χ0n) is 24.8. The molecule has 3 N–H and O–H groups in total. The largest absolute Gasteiger partial charge is 0.593 e. The van der Waals surface area contributed by atoms with Gasteiger partial charge in [-0.15, -0.1) is 0 Å². The van der Waals surface area contributed by atoms with Crippen LogP contribution >= 0.6 is 0 Å². The van der Waals surface area contributed by atoms with Crippen molar-refractivity contribution in [1.29, 1.82) is 0 Å². The summed E-state index contributed by atoms with van der Waals surface area (Å²) in [7, 11) is 0. The molecule has 0 amide bonds. The monoisotopic (exact) mass is 501 g/mol. The van der Waals surface area contributed by atoms with E-state index in [0.29, 0.717) is 28.0 Å². The minimum absolute atomic E-state index is 0.0514. The molecule has 0 unspecified atom stereocenters. The molecule has 0 atom stereocenters. The first-order valence-corrected chi connectivity index (χ1v) is 13.1. The molecular weight excluding hydrogens is 456 g/mol. The van der Waals surface area contributed by atoms with Gasteiger partial charge in [0.2, 0.25) is 0 Å². The van der Waals surface area contributed by atoms with E-state index >= 15 is 0 Å². The second-order valence-electron chi connectivity index (χ2n) is 13.8. The SMILES string of the molecule is CC1=CC(=C(c2cc(C)cc(C(C)(C)C)c2O)c2cc(C)cc(C(C)(C)C)c2[OH2+])C(=O)C(C(C)(C)C)=C1. The Hall–Kier alpha value is -3.07. The summed E-state index contributed by atoms with van der Waals surface area (Å²) in [5.41, 5.74) is 7.02. The van der Waals surface area contributed by atoms with Crippen molar-refractivity contribution < 1.29 is 15.0 Å². The van der Waals surface area contributed by atoms with Gasteiger partial charge in [-0.05, 0) is 78.0 Å². The van der Waals surface area contributed by atoms with Gasteiger partial charge in [0, 0.05) is 27.8 Å². The maximum absolute atomic E-state index is 14.1. The Morgan fingerprint density at radius 1 is 0.703 bits per heavy atom. The van der Waals surface area contributed by atoms with E-state index in [9.17, 15) is 15.0 Å². The number of phenols is 1. The number of aromatic hydroxyl groups is 1. The molecule has 0 fully saturated rings. The fourth-order valence-electron chi connectivity index (χ4n) is 5.07. The van der Waals surface area contributed by atoms with Gasteiger partial charge < -0.3 is 10.2 Å². The Morgan fingerprint density at radius 3 is 1.68 bits per heavy atom. The molecule has 1 aliphatic rings. The Labute approximate surface area is 223 Å². The second-order valence-corrected chi connectivity index (χ2v) is 13.8. The number of ketones is 1. The predicted octanol–water partition coefficient (Wildman–Crippen LogP) is 8.35. The van der Waals surface area contributed by atoms with E-state index in [-0.39, 0.29) is 27.8 Å². The van der Waals surface area contributed by atoms with Crippen LogP contribution in [0.5, 0.6) is 11.5 Å². The lowest BCUT2D eigenvalue weighted by Crippen LogP contribution is -2.23. The second kappa shape index (κ2) is 9.35. The molecule has 1 aliphatic carbocycles. The molecule has 37 heavy (non-hydrogen) atoms. The number of phenolic OH excluding ortho intramolecular Hbond substituents is 1. The van der Waals surface area contributed by atoms with Crippen LogP contribution in [-0.4, -0.2) is 16.0 Å². The number of hydrogen-bond acceptors (Lipinski definition) is 2. The van der Waals surface area contributed by atoms with Crippen molar-refractivity contribution in [3.63, 3.8) is 0 Å². The molecule has 0 heterocycles. The normalized spacial score (nSPS) is 16.5. The highest BCUT2D eigenvalue weighted by Crippen LogP contribution is 2.47. The molecule has 2 aromatic rings. The number of carbonyl (C=O) groups excluding carboxylic acids is 1. The first-order valence-electron chi connectivity index (χ1n) is 13.1. The number of Topliss-reactive ketones (excluding diaryl/α,β-unsaturated/α-hetero) is 1. The van der Waals surface area contributed by atoms with Crippen LogP contribution in [0.1, 0.15) is 103 Å². The van der Waals surface area contributed by atoms with Crippen LogP contribution in [0.15, 0.2) is 53.1 Å². The molecule has 0 bridgehead atoms. The van der Waals surface area contributed by atoms with E-state index < -0.39 is 0 Å². The number of hydrogen-bond donors (Lipinski definition) is 1. The third-order valence-corrected chi connectivity index (χ3v) is 7.00. The van der Waals surface area contributed by atoms with Gasteiger partial charge in [-0.2, -0.15) is 0 Å². The summed E-state index contributed by atoms with van der Waals surface area (Å²) in [6.45, 7) is 24.8. The van der Waals surface area contributed by atoms with Crippen molar-refractivity contribution in [2.24, 2.45) is 5.41 Å². The van der Waals surface area contributed by atoms with Crippen LogP contribution in [0, 0.1) is 19.3 Å². The maximum atomic E-state index is 14.1. The zero-order chi connectivity index (χ0) is 28.2. The van der Waals surface area contributed by atoms with E-state index in [2.05, 4.69) is 68.4 Å². The molecule has 0 spiro atoms. The van der Waals surface area contributed by atoms with Crippen LogP contribution in [0.2, 0.25) is 0 Å². The summed E-state index contributed by atoms with van der Waals surface area (Å²) in [4.78, 5) is 14.1. The van der Waals surface area contributed by atoms with E-state index in [4.69, 9.17) is 0 Å². The van der Waals surface area contributed by atoms with Crippen molar-refractivity contribution in [3.8, 4) is 11.5 Å². The fraction of sp³-hybridized carbons (Fsp3) is 0.441. The highest BCUT2D eigenvalue weighted by molar-refractivity contribution is 6.19. The molecule has 3 rings (SSSR count). The van der Waals surface area contributed by atoms with Gasteiger partial charge in [-0.1, -0.05) is 74.5 Å². The van der Waals surface area contributed by atoms with Crippen molar-refractivity contribution in [3.05, 3.63) is 86.5 Å². The van der Waals surface area contributed by atoms with Crippen molar-refractivity contribution in [2.45, 2.75) is 93.9 Å². The van der Waals surface area contributed by atoms with Crippen LogP contribution in [-0.2, 0) is 15.6 Å². The molecule has 3 nitrogen and oxygen atoms in total. The lowest BCUT2D eigenvalue weighted by molar-refractivity contribution is -0.112. The maximum Gasteiger partial charge on any atom is 0.265 e. The van der Waals surface area contributed by atoms with E-state index in [1.807, 2.05) is 51.1 Å². The van der Waals surface area contributed by atoms with Crippen LogP contribution in [0.4, 0.5) is 0 Å². The zero-order valence-corrected chi connectivity index (χ0v) is 24.8. The quantitative estimate of drug-likeness (QED) is 0.332. The smallest absolute Gasteiger partial charge is 0.265 e. The first kappa shape index (κ1) is 28.5. The van der Waals surface area contributed by atoms with Crippen LogP contribution in [0.3, 0.4) is 0 Å². The van der Waals surface area contributed by atoms with E-state index in [1.165, 1.54) is 0 Å². The van der Waals surface area contributed by atoms with Gasteiger partial charge >= 0.3 is 0 Å². The molecule has 3 heteroatoms. The Morgan fingerprint density at radius 2 is 1.19 bits per heavy atom. The van der Waals surface area contributed by atoms with Crippen molar-refractivity contribution >= 4 is 11.4 Å². The minimum atomic E-state index is -0.346. The summed E-state index contributed by atoms with van der Waals surface area (Å²) in [6, 6.07) is 8.03. The lowest BCUT2D eigenvalue weighted by atomic mass is 9.74.